The lowest BCUT2D eigenvalue weighted by molar-refractivity contribution is 0.242. The van der Waals surface area contributed by atoms with Crippen LogP contribution < -0.4 is 4.74 Å². The van der Waals surface area contributed by atoms with Crippen molar-refractivity contribution in [3.63, 3.8) is 0 Å². The van der Waals surface area contributed by atoms with Gasteiger partial charge in [-0.2, -0.15) is 0 Å². The molecule has 2 rings (SSSR count). The normalized spacial score (nSPS) is 11.2. The van der Waals surface area contributed by atoms with E-state index in [-0.39, 0.29) is 11.4 Å². The Morgan fingerprint density at radius 3 is 2.35 bits per heavy atom. The van der Waals surface area contributed by atoms with Gasteiger partial charge in [0.1, 0.15) is 5.75 Å². The van der Waals surface area contributed by atoms with E-state index < -0.39 is 0 Å². The highest BCUT2D eigenvalue weighted by Crippen LogP contribution is 2.35. The molecule has 4 nitrogen and oxygen atoms in total. The number of aryl methyl sites for hydroxylation is 1. The predicted molar refractivity (Wildman–Crippen MR) is 84.2 cm³/mol. The first kappa shape index (κ1) is 15.6. The molecule has 0 amide bonds. The standard InChI is InChI=1S/C12H12Cl3N3OS/c1-6(2)19-10-5-7(13)9(4-8(10)14)18-11(15)16-17(3)12(18)20/h4-6H,1-3H3. The van der Waals surface area contributed by atoms with Crippen LogP contribution in [0.4, 0.5) is 0 Å². The van der Waals surface area contributed by atoms with Crippen LogP contribution in [-0.2, 0) is 7.05 Å². The first-order valence-corrected chi connectivity index (χ1v) is 7.33. The van der Waals surface area contributed by atoms with Crippen molar-refractivity contribution in [2.45, 2.75) is 20.0 Å². The highest BCUT2D eigenvalue weighted by Gasteiger charge is 2.15. The second-order valence-electron chi connectivity index (χ2n) is 4.41. The van der Waals surface area contributed by atoms with E-state index in [9.17, 15) is 0 Å². The maximum atomic E-state index is 6.27. The number of hydrogen-bond acceptors (Lipinski definition) is 3. The van der Waals surface area contributed by atoms with Crippen molar-refractivity contribution in [2.24, 2.45) is 7.05 Å². The van der Waals surface area contributed by atoms with Crippen LogP contribution in [0.5, 0.6) is 5.75 Å². The van der Waals surface area contributed by atoms with Gasteiger partial charge in [-0.1, -0.05) is 23.2 Å². The SMILES string of the molecule is CC(C)Oc1cc(Cl)c(-n2c(Cl)nn(C)c2=S)cc1Cl. The number of ether oxygens (including phenoxy) is 1. The molecule has 0 aliphatic heterocycles. The second kappa shape index (κ2) is 5.93. The maximum Gasteiger partial charge on any atom is 0.228 e. The summed E-state index contributed by atoms with van der Waals surface area (Å²) < 4.78 is 9.03. The summed E-state index contributed by atoms with van der Waals surface area (Å²) in [5, 5.41) is 5.11. The highest BCUT2D eigenvalue weighted by atomic mass is 35.5. The van der Waals surface area contributed by atoms with E-state index in [0.717, 1.165) is 0 Å². The quantitative estimate of drug-likeness (QED) is 0.751. The first-order chi connectivity index (χ1) is 9.31. The molecule has 0 fully saturated rings. The summed E-state index contributed by atoms with van der Waals surface area (Å²) in [6.07, 6.45) is -0.00133. The fourth-order valence-corrected chi connectivity index (χ4v) is 2.67. The third-order valence-corrected chi connectivity index (χ3v) is 3.78. The molecule has 0 saturated heterocycles. The molecule has 0 unspecified atom stereocenters. The van der Waals surface area contributed by atoms with Gasteiger partial charge in [0.05, 0.1) is 21.8 Å². The average Bonchev–Trinajstić information content (AvgIpc) is 2.58. The molecule has 0 aliphatic rings. The largest absolute Gasteiger partial charge is 0.489 e. The van der Waals surface area contributed by atoms with Gasteiger partial charge in [-0.25, -0.2) is 4.68 Å². The summed E-state index contributed by atoms with van der Waals surface area (Å²) in [7, 11) is 1.70. The Labute approximate surface area is 136 Å². The summed E-state index contributed by atoms with van der Waals surface area (Å²) in [4.78, 5) is 0. The molecule has 2 aromatic rings. The summed E-state index contributed by atoms with van der Waals surface area (Å²) in [5.74, 6) is 0.516. The molecule has 20 heavy (non-hydrogen) atoms. The van der Waals surface area contributed by atoms with Crippen LogP contribution in [0.15, 0.2) is 12.1 Å². The van der Waals surface area contributed by atoms with Gasteiger partial charge in [0.2, 0.25) is 10.1 Å². The van der Waals surface area contributed by atoms with Gasteiger partial charge in [-0.15, -0.1) is 5.10 Å². The second-order valence-corrected chi connectivity index (χ2v) is 5.93. The lowest BCUT2D eigenvalue weighted by atomic mass is 10.3. The smallest absolute Gasteiger partial charge is 0.228 e. The molecular formula is C12H12Cl3N3OS. The van der Waals surface area contributed by atoms with Gasteiger partial charge in [0.25, 0.3) is 0 Å². The number of nitrogens with zero attached hydrogens (tertiary/aromatic N) is 3. The van der Waals surface area contributed by atoms with Gasteiger partial charge < -0.3 is 4.74 Å². The minimum absolute atomic E-state index is 0.00133. The van der Waals surface area contributed by atoms with Gasteiger partial charge >= 0.3 is 0 Å². The monoisotopic (exact) mass is 351 g/mol. The maximum absolute atomic E-state index is 6.27. The van der Waals surface area contributed by atoms with E-state index >= 15 is 0 Å². The summed E-state index contributed by atoms with van der Waals surface area (Å²) in [5.41, 5.74) is 0.566. The Bertz CT molecular complexity index is 709. The van der Waals surface area contributed by atoms with Crippen LogP contribution in [0.3, 0.4) is 0 Å². The van der Waals surface area contributed by atoms with Crippen LogP contribution in [-0.4, -0.2) is 20.5 Å². The predicted octanol–water partition coefficient (Wildman–Crippen LogP) is 4.69. The first-order valence-electron chi connectivity index (χ1n) is 5.79. The molecule has 0 saturated carbocycles. The molecule has 0 bridgehead atoms. The van der Waals surface area contributed by atoms with Gasteiger partial charge in [0.15, 0.2) is 0 Å². The van der Waals surface area contributed by atoms with Crippen LogP contribution in [0, 0.1) is 4.77 Å². The molecule has 1 aromatic heterocycles. The van der Waals surface area contributed by atoms with Gasteiger partial charge in [0, 0.05) is 13.1 Å². The lowest BCUT2D eigenvalue weighted by Gasteiger charge is -2.14. The van der Waals surface area contributed by atoms with E-state index in [2.05, 4.69) is 5.10 Å². The highest BCUT2D eigenvalue weighted by molar-refractivity contribution is 7.71. The zero-order valence-electron chi connectivity index (χ0n) is 11.0. The zero-order chi connectivity index (χ0) is 15.0. The lowest BCUT2D eigenvalue weighted by Crippen LogP contribution is -2.06. The molecule has 0 aliphatic carbocycles. The molecule has 0 atom stereocenters. The number of rotatable bonds is 3. The number of benzene rings is 1. The Morgan fingerprint density at radius 2 is 1.85 bits per heavy atom. The van der Waals surface area contributed by atoms with Crippen LogP contribution in [0.2, 0.25) is 15.3 Å². The third kappa shape index (κ3) is 2.96. The van der Waals surface area contributed by atoms with Crippen molar-refractivity contribution in [3.8, 4) is 11.4 Å². The number of halogens is 3. The Hall–Kier alpha value is -0.750. The van der Waals surface area contributed by atoms with E-state index in [1.165, 1.54) is 4.68 Å². The van der Waals surface area contributed by atoms with Crippen LogP contribution in [0.25, 0.3) is 5.69 Å². The Balaban J connectivity index is 2.59. The Kier molecular flexibility index (Phi) is 4.64. The fourth-order valence-electron chi connectivity index (χ4n) is 1.67. The van der Waals surface area contributed by atoms with E-state index in [0.29, 0.717) is 26.3 Å². The minimum atomic E-state index is -0.00133. The molecule has 108 valence electrons. The number of hydrogen-bond donors (Lipinski definition) is 0. The van der Waals surface area contributed by atoms with Gasteiger partial charge in [-0.05, 0) is 43.7 Å². The molecule has 8 heteroatoms. The molecular weight excluding hydrogens is 341 g/mol. The van der Waals surface area contributed by atoms with Crippen molar-refractivity contribution in [2.75, 3.05) is 0 Å². The minimum Gasteiger partial charge on any atom is -0.489 e. The third-order valence-electron chi connectivity index (χ3n) is 2.49. The van der Waals surface area contributed by atoms with Crippen LogP contribution >= 0.6 is 47.0 Å². The van der Waals surface area contributed by atoms with E-state index in [1.54, 1.807) is 23.7 Å². The summed E-state index contributed by atoms with van der Waals surface area (Å²) in [6, 6.07) is 3.30. The van der Waals surface area contributed by atoms with Crippen molar-refractivity contribution in [3.05, 3.63) is 32.2 Å². The van der Waals surface area contributed by atoms with Crippen LogP contribution in [0.1, 0.15) is 13.8 Å². The van der Waals surface area contributed by atoms with Crippen molar-refractivity contribution in [1.29, 1.82) is 0 Å². The number of aromatic nitrogens is 3. The molecule has 1 aromatic carbocycles. The average molecular weight is 353 g/mol. The van der Waals surface area contributed by atoms with Crippen molar-refractivity contribution < 1.29 is 4.74 Å². The molecule has 1 heterocycles. The van der Waals surface area contributed by atoms with Gasteiger partial charge in [-0.3, -0.25) is 4.57 Å². The van der Waals surface area contributed by atoms with Crippen molar-refractivity contribution in [1.82, 2.24) is 14.3 Å². The topological polar surface area (TPSA) is 32.0 Å². The Morgan fingerprint density at radius 1 is 1.20 bits per heavy atom. The molecule has 0 radical (unpaired) electrons. The molecule has 0 spiro atoms. The summed E-state index contributed by atoms with van der Waals surface area (Å²) in [6.45, 7) is 3.82. The van der Waals surface area contributed by atoms with Crippen molar-refractivity contribution >= 4 is 47.0 Å². The van der Waals surface area contributed by atoms with E-state index in [1.807, 2.05) is 13.8 Å². The zero-order valence-corrected chi connectivity index (χ0v) is 14.1. The van der Waals surface area contributed by atoms with E-state index in [4.69, 9.17) is 51.8 Å². The summed E-state index contributed by atoms with van der Waals surface area (Å²) >= 11 is 23.8. The fraction of sp³-hybridized carbons (Fsp3) is 0.333. The molecule has 0 N–H and O–H groups in total.